The van der Waals surface area contributed by atoms with Crippen LogP contribution in [0.1, 0.15) is 15.9 Å². The molecule has 0 atom stereocenters. The molecule has 0 bridgehead atoms. The van der Waals surface area contributed by atoms with Gasteiger partial charge < -0.3 is 4.74 Å². The summed E-state index contributed by atoms with van der Waals surface area (Å²) in [5, 5.41) is 3.41. The Hall–Kier alpha value is -2.82. The maximum atomic E-state index is 12.7. The molecular weight excluding hydrogens is 373 g/mol. The van der Waals surface area contributed by atoms with E-state index in [9.17, 15) is 9.59 Å². The normalized spacial score (nSPS) is 10.2. The lowest BCUT2D eigenvalue weighted by molar-refractivity contribution is 0.103. The van der Waals surface area contributed by atoms with Crippen molar-refractivity contribution >= 4 is 40.8 Å². The highest BCUT2D eigenvalue weighted by Gasteiger charge is 2.17. The second kappa shape index (κ2) is 8.04. The van der Waals surface area contributed by atoms with E-state index in [1.807, 2.05) is 6.07 Å². The van der Waals surface area contributed by atoms with Crippen molar-refractivity contribution < 1.29 is 14.3 Å². The molecular formula is C20H13Cl2NO3. The number of ether oxygens (including phenoxy) is 1. The minimum absolute atomic E-state index is 0.114. The summed E-state index contributed by atoms with van der Waals surface area (Å²) in [7, 11) is 0. The zero-order valence-electron chi connectivity index (χ0n) is 13.4. The van der Waals surface area contributed by atoms with Gasteiger partial charge in [0.1, 0.15) is 5.75 Å². The Morgan fingerprint density at radius 1 is 0.808 bits per heavy atom. The molecule has 130 valence electrons. The maximum absolute atomic E-state index is 12.7. The van der Waals surface area contributed by atoms with Gasteiger partial charge in [-0.3, -0.25) is 10.1 Å². The van der Waals surface area contributed by atoms with Crippen molar-refractivity contribution in [2.75, 3.05) is 5.32 Å². The number of hydrogen-bond acceptors (Lipinski definition) is 3. The van der Waals surface area contributed by atoms with Crippen LogP contribution in [0, 0.1) is 0 Å². The van der Waals surface area contributed by atoms with Crippen molar-refractivity contribution in [2.24, 2.45) is 0 Å². The van der Waals surface area contributed by atoms with E-state index in [-0.39, 0.29) is 17.1 Å². The number of amides is 1. The van der Waals surface area contributed by atoms with Gasteiger partial charge in [0.15, 0.2) is 5.78 Å². The average Bonchev–Trinajstić information content (AvgIpc) is 2.63. The first kappa shape index (κ1) is 18.0. The van der Waals surface area contributed by atoms with Crippen molar-refractivity contribution in [3.63, 3.8) is 0 Å². The van der Waals surface area contributed by atoms with Crippen LogP contribution in [0.15, 0.2) is 72.8 Å². The fraction of sp³-hybridized carbons (Fsp3) is 0. The number of nitrogens with one attached hydrogen (secondary N) is 1. The lowest BCUT2D eigenvalue weighted by Gasteiger charge is -2.11. The molecule has 0 aliphatic carbocycles. The molecule has 0 saturated carbocycles. The zero-order chi connectivity index (χ0) is 18.5. The van der Waals surface area contributed by atoms with Crippen LogP contribution < -0.4 is 10.1 Å². The van der Waals surface area contributed by atoms with Crippen molar-refractivity contribution in [1.29, 1.82) is 0 Å². The second-order valence-corrected chi connectivity index (χ2v) is 6.23. The van der Waals surface area contributed by atoms with Crippen LogP contribution in [-0.2, 0) is 0 Å². The minimum atomic E-state index is -0.739. The first-order valence-corrected chi connectivity index (χ1v) is 8.42. The number of rotatable bonds is 4. The molecule has 0 spiro atoms. The van der Waals surface area contributed by atoms with Gasteiger partial charge in [0.05, 0.1) is 5.56 Å². The van der Waals surface area contributed by atoms with E-state index in [0.29, 0.717) is 21.3 Å². The summed E-state index contributed by atoms with van der Waals surface area (Å²) in [6.45, 7) is 0. The van der Waals surface area contributed by atoms with Crippen LogP contribution in [0.2, 0.25) is 10.0 Å². The molecule has 4 nitrogen and oxygen atoms in total. The molecule has 1 N–H and O–H groups in total. The predicted molar refractivity (Wildman–Crippen MR) is 102 cm³/mol. The van der Waals surface area contributed by atoms with Crippen LogP contribution in [0.4, 0.5) is 10.5 Å². The highest BCUT2D eigenvalue weighted by atomic mass is 35.5. The Labute approximate surface area is 160 Å². The largest absolute Gasteiger partial charge is 0.417 e. The van der Waals surface area contributed by atoms with Gasteiger partial charge in [-0.25, -0.2) is 4.79 Å². The molecule has 0 aliphatic heterocycles. The third-order valence-corrected chi connectivity index (χ3v) is 3.97. The van der Waals surface area contributed by atoms with Crippen LogP contribution in [0.3, 0.4) is 0 Å². The molecule has 1 amide bonds. The topological polar surface area (TPSA) is 55.4 Å². The van der Waals surface area contributed by atoms with Gasteiger partial charge >= 0.3 is 6.09 Å². The lowest BCUT2D eigenvalue weighted by atomic mass is 10.0. The van der Waals surface area contributed by atoms with Crippen molar-refractivity contribution in [3.8, 4) is 5.75 Å². The molecule has 0 radical (unpaired) electrons. The van der Waals surface area contributed by atoms with Gasteiger partial charge in [-0.1, -0.05) is 59.6 Å². The molecule has 3 aromatic rings. The number of halogens is 2. The third-order valence-electron chi connectivity index (χ3n) is 3.50. The number of hydrogen-bond donors (Lipinski definition) is 1. The highest BCUT2D eigenvalue weighted by Crippen LogP contribution is 2.26. The standard InChI is InChI=1S/C20H13Cl2NO3/c21-14-7-4-8-16(11-14)23-20(25)26-18-10-9-15(22)12-17(18)19(24)13-5-2-1-3-6-13/h1-12H,(H,23,25). The Balaban J connectivity index is 1.84. The fourth-order valence-electron chi connectivity index (χ4n) is 2.32. The number of carbonyl (C=O) groups excluding carboxylic acids is 2. The molecule has 26 heavy (non-hydrogen) atoms. The summed E-state index contributed by atoms with van der Waals surface area (Å²) in [4.78, 5) is 24.9. The van der Waals surface area contributed by atoms with E-state index in [4.69, 9.17) is 27.9 Å². The number of benzene rings is 3. The van der Waals surface area contributed by atoms with Crippen molar-refractivity contribution in [2.45, 2.75) is 0 Å². The van der Waals surface area contributed by atoms with Crippen molar-refractivity contribution in [1.82, 2.24) is 0 Å². The van der Waals surface area contributed by atoms with Crippen LogP contribution >= 0.6 is 23.2 Å². The summed E-state index contributed by atoms with van der Waals surface area (Å²) in [6.07, 6.45) is -0.739. The number of carbonyl (C=O) groups is 2. The first-order chi connectivity index (χ1) is 12.5. The maximum Gasteiger partial charge on any atom is 0.417 e. The quantitative estimate of drug-likeness (QED) is 0.574. The molecule has 0 aliphatic rings. The third kappa shape index (κ3) is 4.42. The van der Waals surface area contributed by atoms with E-state index in [1.165, 1.54) is 12.1 Å². The summed E-state index contributed by atoms with van der Waals surface area (Å²) in [6, 6.07) is 19.8. The van der Waals surface area contributed by atoms with E-state index in [0.717, 1.165) is 0 Å². The van der Waals surface area contributed by atoms with E-state index < -0.39 is 6.09 Å². The zero-order valence-corrected chi connectivity index (χ0v) is 14.9. The highest BCUT2D eigenvalue weighted by molar-refractivity contribution is 6.31. The SMILES string of the molecule is O=C(Nc1cccc(Cl)c1)Oc1ccc(Cl)cc1C(=O)c1ccccc1. The molecule has 0 aromatic heterocycles. The van der Waals surface area contributed by atoms with E-state index >= 15 is 0 Å². The van der Waals surface area contributed by atoms with Gasteiger partial charge in [-0.15, -0.1) is 0 Å². The van der Waals surface area contributed by atoms with E-state index in [1.54, 1.807) is 54.6 Å². The number of anilines is 1. The van der Waals surface area contributed by atoms with Gasteiger partial charge in [0, 0.05) is 21.3 Å². The Kier molecular flexibility index (Phi) is 5.56. The summed E-state index contributed by atoms with van der Waals surface area (Å²) in [5.74, 6) is -0.179. The molecule has 0 heterocycles. The predicted octanol–water partition coefficient (Wildman–Crippen LogP) is 5.84. The summed E-state index contributed by atoms with van der Waals surface area (Å²) < 4.78 is 5.31. The summed E-state index contributed by atoms with van der Waals surface area (Å²) >= 11 is 11.9. The monoisotopic (exact) mass is 385 g/mol. The molecule has 3 aromatic carbocycles. The molecule has 0 fully saturated rings. The minimum Gasteiger partial charge on any atom is -0.409 e. The Morgan fingerprint density at radius 2 is 1.54 bits per heavy atom. The molecule has 6 heteroatoms. The van der Waals surface area contributed by atoms with Gasteiger partial charge in [0.25, 0.3) is 0 Å². The summed E-state index contributed by atoms with van der Waals surface area (Å²) in [5.41, 5.74) is 1.15. The lowest BCUT2D eigenvalue weighted by Crippen LogP contribution is -2.18. The van der Waals surface area contributed by atoms with Gasteiger partial charge in [0.2, 0.25) is 0 Å². The Bertz CT molecular complexity index is 958. The molecule has 0 unspecified atom stereocenters. The van der Waals surface area contributed by atoms with Gasteiger partial charge in [-0.2, -0.15) is 0 Å². The smallest absolute Gasteiger partial charge is 0.409 e. The first-order valence-electron chi connectivity index (χ1n) is 7.66. The van der Waals surface area contributed by atoms with Gasteiger partial charge in [-0.05, 0) is 36.4 Å². The molecule has 0 saturated heterocycles. The van der Waals surface area contributed by atoms with Crippen LogP contribution in [0.25, 0.3) is 0 Å². The Morgan fingerprint density at radius 3 is 2.27 bits per heavy atom. The average molecular weight is 386 g/mol. The second-order valence-electron chi connectivity index (χ2n) is 5.36. The number of ketones is 1. The van der Waals surface area contributed by atoms with E-state index in [2.05, 4.69) is 5.32 Å². The van der Waals surface area contributed by atoms with Crippen molar-refractivity contribution in [3.05, 3.63) is 94.0 Å². The molecule has 3 rings (SSSR count). The fourth-order valence-corrected chi connectivity index (χ4v) is 2.69. The van der Waals surface area contributed by atoms with Crippen LogP contribution in [-0.4, -0.2) is 11.9 Å². The van der Waals surface area contributed by atoms with Crippen LogP contribution in [0.5, 0.6) is 5.75 Å².